The Hall–Kier alpha value is -1.70. The summed E-state index contributed by atoms with van der Waals surface area (Å²) in [7, 11) is -3.53. The van der Waals surface area contributed by atoms with E-state index < -0.39 is 10.0 Å². The molecule has 1 aliphatic heterocycles. The number of carbonyl (C=O) groups excluding carboxylic acids is 1. The Balaban J connectivity index is 1.63. The number of halogens is 1. The van der Waals surface area contributed by atoms with Gasteiger partial charge in [0.15, 0.2) is 0 Å². The summed E-state index contributed by atoms with van der Waals surface area (Å²) >= 11 is 3.42. The predicted octanol–water partition coefficient (Wildman–Crippen LogP) is 4.92. The van der Waals surface area contributed by atoms with Crippen LogP contribution in [0.5, 0.6) is 0 Å². The summed E-state index contributed by atoms with van der Waals surface area (Å²) < 4.78 is 28.3. The van der Waals surface area contributed by atoms with Crippen molar-refractivity contribution in [3.63, 3.8) is 0 Å². The first-order chi connectivity index (χ1) is 13.7. The largest absolute Gasteiger partial charge is 0.326 e. The maximum atomic E-state index is 12.9. The van der Waals surface area contributed by atoms with Gasteiger partial charge in [0.05, 0.1) is 4.90 Å². The van der Waals surface area contributed by atoms with E-state index in [1.807, 2.05) is 37.3 Å². The summed E-state index contributed by atoms with van der Waals surface area (Å²) in [5, 5.41) is 2.99. The van der Waals surface area contributed by atoms with Crippen LogP contribution in [0, 0.1) is 12.8 Å². The van der Waals surface area contributed by atoms with E-state index >= 15 is 0 Å². The second-order valence-corrected chi connectivity index (χ2v) is 10.7. The van der Waals surface area contributed by atoms with Gasteiger partial charge in [-0.1, -0.05) is 48.0 Å². The molecule has 0 aromatic heterocycles. The number of piperidine rings is 1. The van der Waals surface area contributed by atoms with Crippen LogP contribution in [0.25, 0.3) is 0 Å². The normalized spacial score (nSPS) is 16.2. The second-order valence-electron chi connectivity index (χ2n) is 7.85. The lowest BCUT2D eigenvalue weighted by Crippen LogP contribution is -2.41. The van der Waals surface area contributed by atoms with Crippen LogP contribution in [0.1, 0.15) is 43.7 Å². The standard InChI is InChI=1S/C22H27BrN2O3S/c1-15(2)17-5-8-20(9-6-17)29(27,28)25-12-10-18(11-13-25)22(26)24-21-14-19(23)7-4-16(21)3/h4-9,14-15,18H,10-13H2,1-3H3,(H,24,26). The monoisotopic (exact) mass is 478 g/mol. The van der Waals surface area contributed by atoms with Gasteiger partial charge in [0.25, 0.3) is 0 Å². The van der Waals surface area contributed by atoms with Crippen molar-refractivity contribution in [2.24, 2.45) is 5.92 Å². The van der Waals surface area contributed by atoms with Crippen LogP contribution >= 0.6 is 15.9 Å². The molecule has 1 amide bonds. The van der Waals surface area contributed by atoms with Gasteiger partial charge in [0.2, 0.25) is 15.9 Å². The fourth-order valence-electron chi connectivity index (χ4n) is 3.50. The number of sulfonamides is 1. The number of rotatable bonds is 5. The molecular formula is C22H27BrN2O3S. The Morgan fingerprint density at radius 1 is 1.10 bits per heavy atom. The van der Waals surface area contributed by atoms with E-state index in [0.29, 0.717) is 36.7 Å². The van der Waals surface area contributed by atoms with Crippen molar-refractivity contribution in [1.82, 2.24) is 4.31 Å². The molecule has 0 unspecified atom stereocenters. The topological polar surface area (TPSA) is 66.5 Å². The fourth-order valence-corrected chi connectivity index (χ4v) is 5.33. The molecular weight excluding hydrogens is 452 g/mol. The quantitative estimate of drug-likeness (QED) is 0.662. The first kappa shape index (κ1) is 22.0. The van der Waals surface area contributed by atoms with Gasteiger partial charge < -0.3 is 5.32 Å². The maximum Gasteiger partial charge on any atom is 0.243 e. The molecule has 2 aromatic rings. The molecule has 5 nitrogen and oxygen atoms in total. The number of aryl methyl sites for hydroxylation is 1. The summed E-state index contributed by atoms with van der Waals surface area (Å²) in [6.45, 7) is 6.80. The van der Waals surface area contributed by atoms with Gasteiger partial charge in [-0.15, -0.1) is 0 Å². The summed E-state index contributed by atoms with van der Waals surface area (Å²) in [5.74, 6) is 0.113. The van der Waals surface area contributed by atoms with Crippen LogP contribution in [0.2, 0.25) is 0 Å². The van der Waals surface area contributed by atoms with Crippen LogP contribution in [0.3, 0.4) is 0 Å². The minimum absolute atomic E-state index is 0.0514. The average Bonchev–Trinajstić information content (AvgIpc) is 2.71. The first-order valence-electron chi connectivity index (χ1n) is 9.85. The summed E-state index contributed by atoms with van der Waals surface area (Å²) in [6, 6.07) is 12.9. The SMILES string of the molecule is Cc1ccc(Br)cc1NC(=O)C1CCN(S(=O)(=O)c2ccc(C(C)C)cc2)CC1. The minimum atomic E-state index is -3.53. The van der Waals surface area contributed by atoms with Gasteiger partial charge in [-0.05, 0) is 61.1 Å². The van der Waals surface area contributed by atoms with Gasteiger partial charge in [-0.25, -0.2) is 8.42 Å². The smallest absolute Gasteiger partial charge is 0.243 e. The van der Waals surface area contributed by atoms with E-state index in [1.165, 1.54) is 4.31 Å². The zero-order valence-electron chi connectivity index (χ0n) is 17.0. The van der Waals surface area contributed by atoms with E-state index in [0.717, 1.165) is 21.3 Å². The number of benzene rings is 2. The van der Waals surface area contributed by atoms with Gasteiger partial charge >= 0.3 is 0 Å². The molecule has 0 atom stereocenters. The molecule has 2 aromatic carbocycles. The highest BCUT2D eigenvalue weighted by molar-refractivity contribution is 9.10. The third kappa shape index (κ3) is 5.08. The number of hydrogen-bond acceptors (Lipinski definition) is 3. The third-order valence-electron chi connectivity index (χ3n) is 5.47. The Labute approximate surface area is 181 Å². The second kappa shape index (κ2) is 8.98. The van der Waals surface area contributed by atoms with E-state index in [4.69, 9.17) is 0 Å². The average molecular weight is 479 g/mol. The Bertz CT molecular complexity index is 980. The van der Waals surface area contributed by atoms with E-state index in [1.54, 1.807) is 12.1 Å². The molecule has 29 heavy (non-hydrogen) atoms. The molecule has 1 fully saturated rings. The van der Waals surface area contributed by atoms with Crippen molar-refractivity contribution in [2.45, 2.75) is 44.4 Å². The molecule has 1 aliphatic rings. The fraction of sp³-hybridized carbons (Fsp3) is 0.409. The van der Waals surface area contributed by atoms with E-state index in [2.05, 4.69) is 35.1 Å². The van der Waals surface area contributed by atoms with E-state index in [-0.39, 0.29) is 11.8 Å². The van der Waals surface area contributed by atoms with Crippen LogP contribution in [-0.4, -0.2) is 31.7 Å². The van der Waals surface area contributed by atoms with Crippen molar-refractivity contribution in [3.05, 3.63) is 58.1 Å². The molecule has 0 radical (unpaired) electrons. The van der Waals surface area contributed by atoms with Crippen LogP contribution in [0.15, 0.2) is 51.8 Å². The third-order valence-corrected chi connectivity index (χ3v) is 7.87. The summed E-state index contributed by atoms with van der Waals surface area (Å²) in [4.78, 5) is 13.0. The number of nitrogens with one attached hydrogen (secondary N) is 1. The number of hydrogen-bond donors (Lipinski definition) is 1. The summed E-state index contributed by atoms with van der Waals surface area (Å²) in [5.41, 5.74) is 2.89. The number of amides is 1. The van der Waals surface area contributed by atoms with Crippen molar-refractivity contribution >= 4 is 37.5 Å². The summed E-state index contributed by atoms with van der Waals surface area (Å²) in [6.07, 6.45) is 1.03. The lowest BCUT2D eigenvalue weighted by Gasteiger charge is -2.30. The molecule has 1 N–H and O–H groups in total. The van der Waals surface area contributed by atoms with Gasteiger partial charge in [-0.3, -0.25) is 4.79 Å². The molecule has 3 rings (SSSR count). The highest BCUT2D eigenvalue weighted by atomic mass is 79.9. The van der Waals surface area contributed by atoms with Crippen LogP contribution in [-0.2, 0) is 14.8 Å². The Kier molecular flexibility index (Phi) is 6.81. The van der Waals surface area contributed by atoms with Crippen molar-refractivity contribution in [3.8, 4) is 0 Å². The zero-order valence-corrected chi connectivity index (χ0v) is 19.4. The first-order valence-corrected chi connectivity index (χ1v) is 12.1. The molecule has 1 heterocycles. The van der Waals surface area contributed by atoms with Gasteiger partial charge in [0, 0.05) is 29.2 Å². The molecule has 0 aliphatic carbocycles. The van der Waals surface area contributed by atoms with Crippen LogP contribution < -0.4 is 5.32 Å². The molecule has 1 saturated heterocycles. The van der Waals surface area contributed by atoms with Gasteiger partial charge in [0.1, 0.15) is 0 Å². The zero-order chi connectivity index (χ0) is 21.2. The van der Waals surface area contributed by atoms with Crippen molar-refractivity contribution < 1.29 is 13.2 Å². The highest BCUT2D eigenvalue weighted by Gasteiger charge is 2.32. The van der Waals surface area contributed by atoms with Gasteiger partial charge in [-0.2, -0.15) is 4.31 Å². The van der Waals surface area contributed by atoms with Crippen LogP contribution in [0.4, 0.5) is 5.69 Å². The molecule has 0 saturated carbocycles. The maximum absolute atomic E-state index is 12.9. The molecule has 7 heteroatoms. The number of nitrogens with zero attached hydrogens (tertiary/aromatic N) is 1. The highest BCUT2D eigenvalue weighted by Crippen LogP contribution is 2.27. The lowest BCUT2D eigenvalue weighted by molar-refractivity contribution is -0.120. The molecule has 156 valence electrons. The molecule has 0 spiro atoms. The van der Waals surface area contributed by atoms with E-state index in [9.17, 15) is 13.2 Å². The van der Waals surface area contributed by atoms with Crippen molar-refractivity contribution in [2.75, 3.05) is 18.4 Å². The Morgan fingerprint density at radius 3 is 2.31 bits per heavy atom. The lowest BCUT2D eigenvalue weighted by atomic mass is 9.97. The number of carbonyl (C=O) groups is 1. The molecule has 0 bridgehead atoms. The van der Waals surface area contributed by atoms with Crippen molar-refractivity contribution in [1.29, 1.82) is 0 Å². The number of anilines is 1. The Morgan fingerprint density at radius 2 is 1.72 bits per heavy atom. The predicted molar refractivity (Wildman–Crippen MR) is 120 cm³/mol. The minimum Gasteiger partial charge on any atom is -0.326 e.